The zero-order chi connectivity index (χ0) is 22.6. The molecule has 6 nitrogen and oxygen atoms in total. The van der Waals surface area contributed by atoms with E-state index in [1.54, 1.807) is 12.1 Å². The quantitative estimate of drug-likeness (QED) is 0.714. The lowest BCUT2D eigenvalue weighted by Crippen LogP contribution is -2.52. The first-order chi connectivity index (χ1) is 14.6. The molecule has 0 saturated carbocycles. The van der Waals surface area contributed by atoms with Crippen molar-refractivity contribution in [3.63, 3.8) is 0 Å². The molecule has 0 aromatic heterocycles. The Balaban J connectivity index is 1.58. The number of sulfonamides is 1. The van der Waals surface area contributed by atoms with Crippen LogP contribution in [0.2, 0.25) is 0 Å². The number of hydrogen-bond acceptors (Lipinski definition) is 5. The highest BCUT2D eigenvalue weighted by Crippen LogP contribution is 2.41. The van der Waals surface area contributed by atoms with Gasteiger partial charge in [-0.2, -0.15) is 4.31 Å². The lowest BCUT2D eigenvalue weighted by molar-refractivity contribution is 0.00584. The van der Waals surface area contributed by atoms with Gasteiger partial charge < -0.3 is 9.47 Å². The third kappa shape index (κ3) is 3.74. The van der Waals surface area contributed by atoms with Gasteiger partial charge in [0.1, 0.15) is 22.0 Å². The molecule has 0 atom stereocenters. The zero-order valence-electron chi connectivity index (χ0n) is 18.7. The summed E-state index contributed by atoms with van der Waals surface area (Å²) < 4.78 is 40.0. The van der Waals surface area contributed by atoms with Gasteiger partial charge in [0.15, 0.2) is 5.78 Å². The summed E-state index contributed by atoms with van der Waals surface area (Å²) in [5.74, 6) is 1.04. The van der Waals surface area contributed by atoms with Crippen LogP contribution in [0.5, 0.6) is 11.5 Å². The first kappa shape index (κ1) is 21.8. The first-order valence-corrected chi connectivity index (χ1v) is 12.0. The standard InChI is InChI=1S/C24H29NO5S/c1-15-10-19-20(26)14-24(30-21(19)11-16(15)2)6-8-25(9-7-24)31(27,28)23-13-18(4)17(3)12-22(23)29-5/h10-13H,6-9,14H2,1-5H3. The molecule has 2 aromatic rings. The van der Waals surface area contributed by atoms with Gasteiger partial charge in [-0.3, -0.25) is 4.79 Å². The Bertz CT molecular complexity index is 1160. The maximum absolute atomic E-state index is 13.4. The van der Waals surface area contributed by atoms with E-state index in [1.165, 1.54) is 11.4 Å². The fourth-order valence-corrected chi connectivity index (χ4v) is 6.09. The van der Waals surface area contributed by atoms with Crippen molar-refractivity contribution in [3.8, 4) is 11.5 Å². The number of methoxy groups -OCH3 is 1. The number of nitrogens with zero attached hydrogens (tertiary/aromatic N) is 1. The molecule has 2 aliphatic heterocycles. The molecule has 2 heterocycles. The van der Waals surface area contributed by atoms with Crippen LogP contribution in [-0.4, -0.2) is 44.3 Å². The van der Waals surface area contributed by atoms with Crippen LogP contribution in [0.25, 0.3) is 0 Å². The van der Waals surface area contributed by atoms with Gasteiger partial charge in [0, 0.05) is 25.9 Å². The van der Waals surface area contributed by atoms with Crippen molar-refractivity contribution in [2.75, 3.05) is 20.2 Å². The summed E-state index contributed by atoms with van der Waals surface area (Å²) in [5, 5.41) is 0. The summed E-state index contributed by atoms with van der Waals surface area (Å²) in [5.41, 5.74) is 4.00. The summed E-state index contributed by atoms with van der Waals surface area (Å²) in [6.45, 7) is 8.39. The first-order valence-electron chi connectivity index (χ1n) is 10.6. The number of Topliss-reactive ketones (excluding diaryl/α,β-unsaturated/α-hetero) is 1. The van der Waals surface area contributed by atoms with Crippen LogP contribution >= 0.6 is 0 Å². The van der Waals surface area contributed by atoms with Gasteiger partial charge in [0.05, 0.1) is 19.1 Å². The lowest BCUT2D eigenvalue weighted by atomic mass is 9.82. The van der Waals surface area contributed by atoms with Crippen LogP contribution in [0.1, 0.15) is 51.9 Å². The lowest BCUT2D eigenvalue weighted by Gasteiger charge is -2.43. The molecule has 2 aliphatic rings. The largest absolute Gasteiger partial charge is 0.495 e. The maximum atomic E-state index is 13.4. The van der Waals surface area contributed by atoms with E-state index in [9.17, 15) is 13.2 Å². The Hall–Kier alpha value is -2.38. The van der Waals surface area contributed by atoms with E-state index in [0.717, 1.165) is 22.3 Å². The second-order valence-corrected chi connectivity index (χ2v) is 10.7. The van der Waals surface area contributed by atoms with Crippen molar-refractivity contribution < 1.29 is 22.7 Å². The number of ether oxygens (including phenoxy) is 2. The van der Waals surface area contributed by atoms with Crippen molar-refractivity contribution in [1.82, 2.24) is 4.31 Å². The Kier molecular flexibility index (Phi) is 5.38. The molecule has 1 saturated heterocycles. The number of fused-ring (bicyclic) bond motifs is 1. The summed E-state index contributed by atoms with van der Waals surface area (Å²) in [4.78, 5) is 13.0. The average Bonchev–Trinajstić information content (AvgIpc) is 2.71. The number of hydrogen-bond donors (Lipinski definition) is 0. The molecule has 2 aromatic carbocycles. The molecule has 0 amide bonds. The molecular formula is C24H29NO5S. The highest BCUT2D eigenvalue weighted by molar-refractivity contribution is 7.89. The van der Waals surface area contributed by atoms with Gasteiger partial charge >= 0.3 is 0 Å². The van der Waals surface area contributed by atoms with Crippen LogP contribution in [0.3, 0.4) is 0 Å². The van der Waals surface area contributed by atoms with Gasteiger partial charge in [-0.05, 0) is 74.2 Å². The molecule has 0 bridgehead atoms. The molecule has 31 heavy (non-hydrogen) atoms. The van der Waals surface area contributed by atoms with Crippen LogP contribution < -0.4 is 9.47 Å². The van der Waals surface area contributed by atoms with Crippen LogP contribution in [0.4, 0.5) is 0 Å². The number of benzene rings is 2. The van der Waals surface area contributed by atoms with Gasteiger partial charge in [-0.25, -0.2) is 8.42 Å². The van der Waals surface area contributed by atoms with Gasteiger partial charge in [-0.15, -0.1) is 0 Å². The molecule has 166 valence electrons. The zero-order valence-corrected chi connectivity index (χ0v) is 19.6. The summed E-state index contributed by atoms with van der Waals surface area (Å²) in [6.07, 6.45) is 1.22. The molecule has 0 radical (unpaired) electrons. The minimum Gasteiger partial charge on any atom is -0.495 e. The fourth-order valence-electron chi connectivity index (χ4n) is 4.43. The van der Waals surface area contributed by atoms with E-state index in [2.05, 4.69) is 0 Å². The molecule has 1 fully saturated rings. The Labute approximate surface area is 184 Å². The predicted octanol–water partition coefficient (Wildman–Crippen LogP) is 4.12. The number of rotatable bonds is 3. The predicted molar refractivity (Wildman–Crippen MR) is 119 cm³/mol. The van der Waals surface area contributed by atoms with Gasteiger partial charge in [0.2, 0.25) is 10.0 Å². The van der Waals surface area contributed by atoms with Crippen LogP contribution in [0.15, 0.2) is 29.2 Å². The molecule has 1 spiro atoms. The van der Waals surface area contributed by atoms with Crippen molar-refractivity contribution >= 4 is 15.8 Å². The number of carbonyl (C=O) groups is 1. The third-order valence-corrected chi connectivity index (χ3v) is 8.66. The molecule has 0 unspecified atom stereocenters. The smallest absolute Gasteiger partial charge is 0.246 e. The van der Waals surface area contributed by atoms with Crippen molar-refractivity contribution in [2.24, 2.45) is 0 Å². The SMILES string of the molecule is COc1cc(C)c(C)cc1S(=O)(=O)N1CCC2(CC1)CC(=O)c1cc(C)c(C)cc1O2. The van der Waals surface area contributed by atoms with E-state index in [0.29, 0.717) is 43.0 Å². The van der Waals surface area contributed by atoms with Crippen molar-refractivity contribution in [3.05, 3.63) is 52.1 Å². The monoisotopic (exact) mass is 443 g/mol. The Morgan fingerprint density at radius 2 is 1.52 bits per heavy atom. The Morgan fingerprint density at radius 1 is 0.935 bits per heavy atom. The van der Waals surface area contributed by atoms with Crippen LogP contribution in [-0.2, 0) is 10.0 Å². The third-order valence-electron chi connectivity index (χ3n) is 6.74. The molecule has 4 rings (SSSR count). The van der Waals surface area contributed by atoms with E-state index in [4.69, 9.17) is 9.47 Å². The van der Waals surface area contributed by atoms with Gasteiger partial charge in [-0.1, -0.05) is 0 Å². The number of aryl methyl sites for hydroxylation is 4. The van der Waals surface area contributed by atoms with E-state index in [-0.39, 0.29) is 17.1 Å². The van der Waals surface area contributed by atoms with Crippen LogP contribution in [0, 0.1) is 27.7 Å². The summed E-state index contributed by atoms with van der Waals surface area (Å²) in [7, 11) is -2.23. The number of ketones is 1. The molecule has 7 heteroatoms. The van der Waals surface area contributed by atoms with Crippen molar-refractivity contribution in [1.29, 1.82) is 0 Å². The van der Waals surface area contributed by atoms with Crippen molar-refractivity contribution in [2.45, 2.75) is 57.5 Å². The summed E-state index contributed by atoms with van der Waals surface area (Å²) in [6, 6.07) is 7.26. The second-order valence-electron chi connectivity index (χ2n) is 8.81. The average molecular weight is 444 g/mol. The number of piperidine rings is 1. The minimum atomic E-state index is -3.72. The normalized spacial score (nSPS) is 18.5. The highest BCUT2D eigenvalue weighted by Gasteiger charge is 2.45. The fraction of sp³-hybridized carbons (Fsp3) is 0.458. The minimum absolute atomic E-state index is 0.0662. The molecule has 0 aliphatic carbocycles. The highest BCUT2D eigenvalue weighted by atomic mass is 32.2. The molecule has 0 N–H and O–H groups in total. The Morgan fingerprint density at radius 3 is 2.16 bits per heavy atom. The second kappa shape index (κ2) is 7.64. The van der Waals surface area contributed by atoms with E-state index < -0.39 is 15.6 Å². The van der Waals surface area contributed by atoms with E-state index >= 15 is 0 Å². The summed E-state index contributed by atoms with van der Waals surface area (Å²) >= 11 is 0. The number of carbonyl (C=O) groups excluding carboxylic acids is 1. The van der Waals surface area contributed by atoms with Gasteiger partial charge in [0.25, 0.3) is 0 Å². The molecular weight excluding hydrogens is 414 g/mol. The maximum Gasteiger partial charge on any atom is 0.246 e. The van der Waals surface area contributed by atoms with E-state index in [1.807, 2.05) is 39.8 Å². The topological polar surface area (TPSA) is 72.9 Å².